The number of hydrogen-bond acceptors (Lipinski definition) is 2. The van der Waals surface area contributed by atoms with Gasteiger partial charge in [0.1, 0.15) is 11.4 Å². The number of carbonyl (C=O) groups excluding carboxylic acids is 1. The minimum Gasteiger partial charge on any atom is -0.384 e. The highest BCUT2D eigenvalue weighted by Crippen LogP contribution is 2.54. The average molecular weight is 328 g/mol. The number of rotatable bonds is 3. The Morgan fingerprint density at radius 1 is 0.720 bits per heavy atom. The molecule has 0 saturated heterocycles. The molecule has 1 N–H and O–H groups in total. The van der Waals surface area contributed by atoms with Crippen molar-refractivity contribution < 1.29 is 9.90 Å². The zero-order valence-corrected chi connectivity index (χ0v) is 13.9. The Bertz CT molecular complexity index is 858. The van der Waals surface area contributed by atoms with Gasteiger partial charge < -0.3 is 5.11 Å². The van der Waals surface area contributed by atoms with Crippen molar-refractivity contribution in [2.24, 2.45) is 0 Å². The van der Waals surface area contributed by atoms with Crippen molar-refractivity contribution in [3.05, 3.63) is 108 Å². The molecule has 0 heterocycles. The molecule has 1 aliphatic carbocycles. The lowest BCUT2D eigenvalue weighted by Gasteiger charge is -2.33. The number of aliphatic hydroxyl groups is 1. The van der Waals surface area contributed by atoms with Gasteiger partial charge in [-0.05, 0) is 16.7 Å². The SMILES string of the molecule is O=C1CC(O)(c2ccccc2)C(c2ccccc2)C1c1ccccc1. The highest BCUT2D eigenvalue weighted by Gasteiger charge is 2.54. The summed E-state index contributed by atoms with van der Waals surface area (Å²) in [6.07, 6.45) is 0.135. The molecule has 25 heavy (non-hydrogen) atoms. The fourth-order valence-corrected chi connectivity index (χ4v) is 4.12. The summed E-state index contributed by atoms with van der Waals surface area (Å²) in [5, 5.41) is 11.7. The predicted octanol–water partition coefficient (Wildman–Crippen LogP) is 4.41. The van der Waals surface area contributed by atoms with Crippen LogP contribution in [-0.2, 0) is 10.4 Å². The van der Waals surface area contributed by atoms with Crippen LogP contribution in [0.15, 0.2) is 91.0 Å². The molecule has 1 aliphatic rings. The molecule has 0 bridgehead atoms. The van der Waals surface area contributed by atoms with Crippen molar-refractivity contribution in [1.29, 1.82) is 0 Å². The van der Waals surface area contributed by atoms with Crippen molar-refractivity contribution in [3.8, 4) is 0 Å². The first-order valence-corrected chi connectivity index (χ1v) is 8.60. The molecule has 0 spiro atoms. The lowest BCUT2D eigenvalue weighted by molar-refractivity contribution is -0.119. The molecule has 1 saturated carbocycles. The van der Waals surface area contributed by atoms with Gasteiger partial charge in [0.15, 0.2) is 0 Å². The fraction of sp³-hybridized carbons (Fsp3) is 0.174. The van der Waals surface area contributed by atoms with E-state index in [4.69, 9.17) is 0 Å². The van der Waals surface area contributed by atoms with Crippen molar-refractivity contribution in [3.63, 3.8) is 0 Å². The van der Waals surface area contributed by atoms with Gasteiger partial charge >= 0.3 is 0 Å². The third-order valence-corrected chi connectivity index (χ3v) is 5.23. The molecule has 3 aromatic rings. The van der Waals surface area contributed by atoms with E-state index in [0.29, 0.717) is 0 Å². The average Bonchev–Trinajstić information content (AvgIpc) is 2.95. The molecular weight excluding hydrogens is 308 g/mol. The molecule has 2 heteroatoms. The molecule has 2 nitrogen and oxygen atoms in total. The summed E-state index contributed by atoms with van der Waals surface area (Å²) in [6, 6.07) is 29.3. The van der Waals surface area contributed by atoms with Crippen LogP contribution in [0.3, 0.4) is 0 Å². The molecular formula is C23H20O2. The van der Waals surface area contributed by atoms with Crippen LogP contribution in [0.1, 0.15) is 34.9 Å². The fourth-order valence-electron chi connectivity index (χ4n) is 4.12. The van der Waals surface area contributed by atoms with E-state index in [1.54, 1.807) is 0 Å². The Balaban J connectivity index is 1.90. The van der Waals surface area contributed by atoms with E-state index in [-0.39, 0.29) is 24.0 Å². The van der Waals surface area contributed by atoms with E-state index in [1.807, 2.05) is 91.0 Å². The van der Waals surface area contributed by atoms with E-state index in [2.05, 4.69) is 0 Å². The van der Waals surface area contributed by atoms with Crippen LogP contribution in [0, 0.1) is 0 Å². The topological polar surface area (TPSA) is 37.3 Å². The summed E-state index contributed by atoms with van der Waals surface area (Å²) < 4.78 is 0. The first kappa shape index (κ1) is 15.8. The summed E-state index contributed by atoms with van der Waals surface area (Å²) in [5.41, 5.74) is 1.57. The normalized spacial score (nSPS) is 25.9. The number of ketones is 1. The van der Waals surface area contributed by atoms with Crippen molar-refractivity contribution in [2.45, 2.75) is 23.9 Å². The number of Topliss-reactive ketones (excluding diaryl/α,β-unsaturated/α-hetero) is 1. The zero-order valence-electron chi connectivity index (χ0n) is 13.9. The van der Waals surface area contributed by atoms with Crippen LogP contribution in [0.4, 0.5) is 0 Å². The van der Waals surface area contributed by atoms with Gasteiger partial charge in [0, 0.05) is 12.3 Å². The van der Waals surface area contributed by atoms with Crippen LogP contribution >= 0.6 is 0 Å². The highest BCUT2D eigenvalue weighted by molar-refractivity contribution is 5.91. The number of benzene rings is 3. The monoisotopic (exact) mass is 328 g/mol. The maximum Gasteiger partial charge on any atom is 0.144 e. The van der Waals surface area contributed by atoms with Gasteiger partial charge in [0.05, 0.1) is 5.92 Å². The Hall–Kier alpha value is -2.71. The minimum absolute atomic E-state index is 0.0893. The van der Waals surface area contributed by atoms with Crippen molar-refractivity contribution in [1.82, 2.24) is 0 Å². The maximum absolute atomic E-state index is 13.0. The second-order valence-electron chi connectivity index (χ2n) is 6.71. The van der Waals surface area contributed by atoms with Crippen LogP contribution in [0.2, 0.25) is 0 Å². The second-order valence-corrected chi connectivity index (χ2v) is 6.71. The van der Waals surface area contributed by atoms with Crippen LogP contribution in [0.25, 0.3) is 0 Å². The largest absolute Gasteiger partial charge is 0.384 e. The Kier molecular flexibility index (Phi) is 3.98. The summed E-state index contributed by atoms with van der Waals surface area (Å²) in [4.78, 5) is 13.0. The van der Waals surface area contributed by atoms with Gasteiger partial charge in [-0.25, -0.2) is 0 Å². The third kappa shape index (κ3) is 2.69. The lowest BCUT2D eigenvalue weighted by Crippen LogP contribution is -2.30. The second kappa shape index (κ2) is 6.30. The minimum atomic E-state index is -1.19. The van der Waals surface area contributed by atoms with Gasteiger partial charge in [-0.3, -0.25) is 4.79 Å². The highest BCUT2D eigenvalue weighted by atomic mass is 16.3. The predicted molar refractivity (Wildman–Crippen MR) is 98.3 cm³/mol. The van der Waals surface area contributed by atoms with Gasteiger partial charge in [-0.2, -0.15) is 0 Å². The maximum atomic E-state index is 13.0. The standard InChI is InChI=1S/C23H20O2/c24-20-16-23(25,19-14-8-3-9-15-19)22(18-12-6-2-7-13-18)21(20)17-10-4-1-5-11-17/h1-15,21-22,25H,16H2. The number of hydrogen-bond donors (Lipinski definition) is 1. The Morgan fingerprint density at radius 2 is 1.20 bits per heavy atom. The molecule has 4 rings (SSSR count). The van der Waals surface area contributed by atoms with E-state index in [9.17, 15) is 9.90 Å². The van der Waals surface area contributed by atoms with Crippen molar-refractivity contribution in [2.75, 3.05) is 0 Å². The van der Waals surface area contributed by atoms with Crippen LogP contribution in [-0.4, -0.2) is 10.9 Å². The Labute approximate surface area is 147 Å². The molecule has 0 aliphatic heterocycles. The summed E-state index contributed by atoms with van der Waals surface area (Å²) in [5.74, 6) is -0.550. The van der Waals surface area contributed by atoms with Gasteiger partial charge in [0.2, 0.25) is 0 Å². The smallest absolute Gasteiger partial charge is 0.144 e. The lowest BCUT2D eigenvalue weighted by atomic mass is 9.74. The van der Waals surface area contributed by atoms with E-state index in [1.165, 1.54) is 0 Å². The Morgan fingerprint density at radius 3 is 1.76 bits per heavy atom. The summed E-state index contributed by atoms with van der Waals surface area (Å²) in [6.45, 7) is 0. The molecule has 3 unspecified atom stereocenters. The third-order valence-electron chi connectivity index (χ3n) is 5.23. The molecule has 0 amide bonds. The molecule has 3 aromatic carbocycles. The van der Waals surface area contributed by atoms with E-state index < -0.39 is 5.60 Å². The quantitative estimate of drug-likeness (QED) is 0.773. The molecule has 3 atom stereocenters. The molecule has 1 fully saturated rings. The van der Waals surface area contributed by atoms with Crippen LogP contribution < -0.4 is 0 Å². The van der Waals surface area contributed by atoms with Gasteiger partial charge in [-0.15, -0.1) is 0 Å². The summed E-state index contributed by atoms with van der Waals surface area (Å²) >= 11 is 0. The van der Waals surface area contributed by atoms with Gasteiger partial charge in [0.25, 0.3) is 0 Å². The molecule has 0 aromatic heterocycles. The van der Waals surface area contributed by atoms with E-state index >= 15 is 0 Å². The molecule has 124 valence electrons. The van der Waals surface area contributed by atoms with Gasteiger partial charge in [-0.1, -0.05) is 91.0 Å². The summed E-state index contributed by atoms with van der Waals surface area (Å²) in [7, 11) is 0. The number of carbonyl (C=O) groups is 1. The van der Waals surface area contributed by atoms with Crippen LogP contribution in [0.5, 0.6) is 0 Å². The first-order chi connectivity index (χ1) is 12.2. The van der Waals surface area contributed by atoms with E-state index in [0.717, 1.165) is 16.7 Å². The first-order valence-electron chi connectivity index (χ1n) is 8.60. The zero-order chi connectivity index (χ0) is 17.3. The molecule has 0 radical (unpaired) electrons. The van der Waals surface area contributed by atoms with Crippen molar-refractivity contribution >= 4 is 5.78 Å².